The SMILES string of the molecule is OC(C(c1ccccc1)N1CCCCC1)C(O)(c1ccccc1)c1ccccc1. The Kier molecular flexibility index (Phi) is 6.10. The maximum absolute atomic E-state index is 12.1. The summed E-state index contributed by atoms with van der Waals surface area (Å²) >= 11 is 0. The van der Waals surface area contributed by atoms with Crippen LogP contribution in [-0.4, -0.2) is 34.3 Å². The van der Waals surface area contributed by atoms with Crippen LogP contribution in [0, 0.1) is 0 Å². The highest BCUT2D eigenvalue weighted by atomic mass is 16.3. The van der Waals surface area contributed by atoms with Crippen LogP contribution in [0.1, 0.15) is 42.0 Å². The van der Waals surface area contributed by atoms with Crippen molar-refractivity contribution in [3.8, 4) is 0 Å². The smallest absolute Gasteiger partial charge is 0.142 e. The van der Waals surface area contributed by atoms with Crippen LogP contribution in [0.4, 0.5) is 0 Å². The number of hydrogen-bond donors (Lipinski definition) is 2. The van der Waals surface area contributed by atoms with Crippen LogP contribution in [0.3, 0.4) is 0 Å². The third kappa shape index (κ3) is 3.99. The molecule has 2 unspecified atom stereocenters. The normalized spacial score (nSPS) is 17.6. The minimum Gasteiger partial charge on any atom is -0.387 e. The van der Waals surface area contributed by atoms with Gasteiger partial charge in [-0.2, -0.15) is 0 Å². The predicted octanol–water partition coefficient (Wildman–Crippen LogP) is 4.51. The van der Waals surface area contributed by atoms with Crippen molar-refractivity contribution >= 4 is 0 Å². The van der Waals surface area contributed by atoms with Crippen LogP contribution < -0.4 is 0 Å². The summed E-state index contributed by atoms with van der Waals surface area (Å²) in [5, 5.41) is 24.0. The number of aliphatic hydroxyl groups is 2. The van der Waals surface area contributed by atoms with Crippen molar-refractivity contribution in [3.63, 3.8) is 0 Å². The van der Waals surface area contributed by atoms with Crippen LogP contribution in [0.2, 0.25) is 0 Å². The molecule has 0 saturated carbocycles. The van der Waals surface area contributed by atoms with Gasteiger partial charge in [0, 0.05) is 0 Å². The summed E-state index contributed by atoms with van der Waals surface area (Å²) in [5.41, 5.74) is 0.931. The quantitative estimate of drug-likeness (QED) is 0.654. The second kappa shape index (κ2) is 8.91. The van der Waals surface area contributed by atoms with Gasteiger partial charge in [0.15, 0.2) is 0 Å². The van der Waals surface area contributed by atoms with E-state index >= 15 is 0 Å². The van der Waals surface area contributed by atoms with Crippen LogP contribution in [-0.2, 0) is 5.60 Å². The third-order valence-corrected chi connectivity index (χ3v) is 6.08. The number of benzene rings is 3. The molecule has 0 spiro atoms. The third-order valence-electron chi connectivity index (χ3n) is 6.08. The van der Waals surface area contributed by atoms with Crippen LogP contribution in [0.5, 0.6) is 0 Å². The van der Waals surface area contributed by atoms with E-state index in [-0.39, 0.29) is 6.04 Å². The molecule has 2 atom stereocenters. The Bertz CT molecular complexity index is 837. The number of hydrogen-bond acceptors (Lipinski definition) is 3. The summed E-state index contributed by atoms with van der Waals surface area (Å²) < 4.78 is 0. The molecule has 0 radical (unpaired) electrons. The Hall–Kier alpha value is -2.46. The van der Waals surface area contributed by atoms with Crippen molar-refractivity contribution < 1.29 is 10.2 Å². The lowest BCUT2D eigenvalue weighted by Gasteiger charge is -2.44. The standard InChI is InChI=1S/C26H29NO2/c28-25(24(21-13-5-1-6-14-21)27-19-11-4-12-20-27)26(29,22-15-7-2-8-16-22)23-17-9-3-10-18-23/h1-3,5-10,13-18,24-25,28-29H,4,11-12,19-20H2. The van der Waals surface area contributed by atoms with Gasteiger partial charge in [-0.15, -0.1) is 0 Å². The summed E-state index contributed by atoms with van der Waals surface area (Å²) in [6, 6.07) is 28.9. The molecular weight excluding hydrogens is 358 g/mol. The average molecular weight is 388 g/mol. The second-order valence-electron chi connectivity index (χ2n) is 7.90. The molecule has 3 aromatic rings. The largest absolute Gasteiger partial charge is 0.387 e. The Balaban J connectivity index is 1.83. The molecule has 1 fully saturated rings. The van der Waals surface area contributed by atoms with Gasteiger partial charge in [-0.25, -0.2) is 0 Å². The summed E-state index contributed by atoms with van der Waals surface area (Å²) in [7, 11) is 0. The van der Waals surface area contributed by atoms with Gasteiger partial charge >= 0.3 is 0 Å². The van der Waals surface area contributed by atoms with Crippen molar-refractivity contribution in [2.45, 2.75) is 37.0 Å². The predicted molar refractivity (Wildman–Crippen MR) is 116 cm³/mol. The number of aliphatic hydroxyl groups excluding tert-OH is 1. The van der Waals surface area contributed by atoms with E-state index in [1.165, 1.54) is 6.42 Å². The minimum absolute atomic E-state index is 0.290. The fourth-order valence-electron chi connectivity index (χ4n) is 4.56. The summed E-state index contributed by atoms with van der Waals surface area (Å²) in [5.74, 6) is 0. The molecule has 4 rings (SSSR count). The fourth-order valence-corrected chi connectivity index (χ4v) is 4.56. The van der Waals surface area contributed by atoms with Gasteiger partial charge in [0.2, 0.25) is 0 Å². The second-order valence-corrected chi connectivity index (χ2v) is 7.90. The number of rotatable bonds is 6. The van der Waals surface area contributed by atoms with Crippen molar-refractivity contribution in [2.24, 2.45) is 0 Å². The molecule has 0 bridgehead atoms. The van der Waals surface area contributed by atoms with Crippen LogP contribution in [0.25, 0.3) is 0 Å². The monoisotopic (exact) mass is 387 g/mol. The first kappa shape index (κ1) is 19.8. The van der Waals surface area contributed by atoms with Crippen molar-refractivity contribution in [3.05, 3.63) is 108 Å². The summed E-state index contributed by atoms with van der Waals surface area (Å²) in [4.78, 5) is 2.33. The first-order valence-electron chi connectivity index (χ1n) is 10.5. The van der Waals surface area contributed by atoms with Gasteiger partial charge in [0.25, 0.3) is 0 Å². The lowest BCUT2D eigenvalue weighted by Crippen LogP contribution is -2.50. The van der Waals surface area contributed by atoms with E-state index < -0.39 is 11.7 Å². The molecular formula is C26H29NO2. The highest BCUT2D eigenvalue weighted by Crippen LogP contribution is 2.41. The number of nitrogens with zero attached hydrogens (tertiary/aromatic N) is 1. The van der Waals surface area contributed by atoms with E-state index in [0.717, 1.165) is 31.5 Å². The molecule has 2 N–H and O–H groups in total. The van der Waals surface area contributed by atoms with Crippen LogP contribution in [0.15, 0.2) is 91.0 Å². The minimum atomic E-state index is -1.51. The first-order valence-corrected chi connectivity index (χ1v) is 10.5. The van der Waals surface area contributed by atoms with Gasteiger partial charge < -0.3 is 10.2 Å². The molecule has 3 aromatic carbocycles. The van der Waals surface area contributed by atoms with Gasteiger partial charge in [0.05, 0.1) is 6.04 Å². The van der Waals surface area contributed by atoms with E-state index in [1.807, 2.05) is 78.9 Å². The molecule has 3 nitrogen and oxygen atoms in total. The zero-order valence-electron chi connectivity index (χ0n) is 16.7. The van der Waals surface area contributed by atoms with Gasteiger partial charge in [0.1, 0.15) is 11.7 Å². The van der Waals surface area contributed by atoms with Gasteiger partial charge in [-0.3, -0.25) is 4.90 Å². The van der Waals surface area contributed by atoms with Crippen molar-refractivity contribution in [1.29, 1.82) is 0 Å². The average Bonchev–Trinajstić information content (AvgIpc) is 2.81. The topological polar surface area (TPSA) is 43.7 Å². The van der Waals surface area contributed by atoms with Crippen molar-refractivity contribution in [1.82, 2.24) is 4.90 Å². The molecule has 1 heterocycles. The maximum atomic E-state index is 12.1. The highest BCUT2D eigenvalue weighted by Gasteiger charge is 2.45. The Morgan fingerprint density at radius 2 is 1.10 bits per heavy atom. The van der Waals surface area contributed by atoms with E-state index in [4.69, 9.17) is 0 Å². The zero-order chi connectivity index (χ0) is 20.1. The van der Waals surface area contributed by atoms with E-state index in [1.54, 1.807) is 0 Å². The molecule has 0 amide bonds. The van der Waals surface area contributed by atoms with E-state index in [0.29, 0.717) is 11.1 Å². The van der Waals surface area contributed by atoms with Crippen molar-refractivity contribution in [2.75, 3.05) is 13.1 Å². The first-order chi connectivity index (χ1) is 14.2. The molecule has 1 aliphatic rings. The number of piperidine rings is 1. The molecule has 29 heavy (non-hydrogen) atoms. The summed E-state index contributed by atoms with van der Waals surface area (Å²) in [6.45, 7) is 1.85. The van der Waals surface area contributed by atoms with Crippen LogP contribution >= 0.6 is 0 Å². The van der Waals surface area contributed by atoms with E-state index in [9.17, 15) is 10.2 Å². The summed E-state index contributed by atoms with van der Waals surface area (Å²) in [6.07, 6.45) is 2.43. The Morgan fingerprint density at radius 3 is 1.59 bits per heavy atom. The molecule has 3 heteroatoms. The lowest BCUT2D eigenvalue weighted by atomic mass is 9.76. The Labute approximate surface area is 173 Å². The van der Waals surface area contributed by atoms with E-state index in [2.05, 4.69) is 17.0 Å². The van der Waals surface area contributed by atoms with Gasteiger partial charge in [-0.05, 0) is 42.6 Å². The highest BCUT2D eigenvalue weighted by molar-refractivity contribution is 5.39. The molecule has 150 valence electrons. The Morgan fingerprint density at radius 1 is 0.655 bits per heavy atom. The fraction of sp³-hybridized carbons (Fsp3) is 0.308. The molecule has 0 aliphatic carbocycles. The molecule has 1 saturated heterocycles. The van der Waals surface area contributed by atoms with Gasteiger partial charge in [-0.1, -0.05) is 97.4 Å². The zero-order valence-corrected chi connectivity index (χ0v) is 16.7. The number of likely N-dealkylation sites (tertiary alicyclic amines) is 1. The molecule has 1 aliphatic heterocycles. The maximum Gasteiger partial charge on any atom is 0.142 e. The lowest BCUT2D eigenvalue weighted by molar-refractivity contribution is -0.0958. The molecule has 0 aromatic heterocycles.